The fraction of sp³-hybridized carbons (Fsp3) is 0.478. The van der Waals surface area contributed by atoms with Gasteiger partial charge in [0.1, 0.15) is 40.3 Å². The molecule has 1 amide bonds. The monoisotopic (exact) mass is 476 g/mol. The fourth-order valence-electron chi connectivity index (χ4n) is 4.75. The van der Waals surface area contributed by atoms with Crippen molar-refractivity contribution >= 4 is 23.3 Å². The second kappa shape index (κ2) is 8.96. The van der Waals surface area contributed by atoms with Crippen LogP contribution in [0.3, 0.4) is 0 Å². The van der Waals surface area contributed by atoms with Gasteiger partial charge in [-0.15, -0.1) is 0 Å². The van der Waals surface area contributed by atoms with E-state index in [-0.39, 0.29) is 57.9 Å². The number of aromatic hydroxyl groups is 1. The van der Waals surface area contributed by atoms with Crippen LogP contribution in [-0.2, 0) is 4.74 Å². The number of amides is 1. The molecule has 2 fully saturated rings. The fourth-order valence-corrected chi connectivity index (χ4v) is 5.04. The van der Waals surface area contributed by atoms with Crippen LogP contribution in [0.1, 0.15) is 23.7 Å². The van der Waals surface area contributed by atoms with Gasteiger partial charge in [-0.05, 0) is 18.6 Å². The number of phenols is 1. The maximum absolute atomic E-state index is 14.8. The Bertz CT molecular complexity index is 1060. The minimum Gasteiger partial charge on any atom is -0.507 e. The number of carbonyl (C=O) groups is 1. The lowest BCUT2D eigenvalue weighted by molar-refractivity contribution is 0.0605. The Labute approximate surface area is 196 Å². The molecule has 33 heavy (non-hydrogen) atoms. The van der Waals surface area contributed by atoms with E-state index in [2.05, 4.69) is 5.32 Å². The third-order valence-corrected chi connectivity index (χ3v) is 6.87. The zero-order valence-electron chi connectivity index (χ0n) is 18.3. The number of halogens is 2. The normalized spacial score (nSPS) is 22.9. The van der Waals surface area contributed by atoms with E-state index in [4.69, 9.17) is 26.1 Å². The van der Waals surface area contributed by atoms with Crippen molar-refractivity contribution < 1.29 is 23.8 Å². The minimum absolute atomic E-state index is 0.0108. The number of carbonyl (C=O) groups excluding carboxylic acids is 1. The van der Waals surface area contributed by atoms with Gasteiger partial charge in [-0.2, -0.15) is 0 Å². The molecule has 0 radical (unpaired) electrons. The lowest BCUT2D eigenvalue weighted by Gasteiger charge is -2.38. The second-order valence-electron chi connectivity index (χ2n) is 8.43. The maximum Gasteiger partial charge on any atom is 0.261 e. The molecule has 0 saturated carbocycles. The molecule has 176 valence electrons. The number of nitrogens with zero attached hydrogens (tertiary/aromatic N) is 3. The molecule has 2 atom stereocenters. The first-order chi connectivity index (χ1) is 16.0. The van der Waals surface area contributed by atoms with Gasteiger partial charge in [0.2, 0.25) is 0 Å². The van der Waals surface area contributed by atoms with Crippen LogP contribution in [-0.4, -0.2) is 79.0 Å². The molecule has 5 rings (SSSR count). The van der Waals surface area contributed by atoms with E-state index >= 15 is 0 Å². The van der Waals surface area contributed by atoms with Crippen LogP contribution in [0.25, 0.3) is 11.3 Å². The number of ether oxygens (including phenoxy) is 2. The highest BCUT2D eigenvalue weighted by Gasteiger charge is 2.40. The van der Waals surface area contributed by atoms with Gasteiger partial charge < -0.3 is 29.7 Å². The summed E-state index contributed by atoms with van der Waals surface area (Å²) in [5.41, 5.74) is 0.213. The summed E-state index contributed by atoms with van der Waals surface area (Å²) in [5.74, 6) is -0.590. The SMILES string of the molecule is CC[C@H]1COCCN1c1nc(-c2c(O)cccc2F)c(Cl)c2c1C(=O)N1CCNC[C@@H]1CO2. The number of hydrogen-bond donors (Lipinski definition) is 2. The summed E-state index contributed by atoms with van der Waals surface area (Å²) in [4.78, 5) is 22.3. The molecule has 10 heteroatoms. The van der Waals surface area contributed by atoms with Crippen molar-refractivity contribution in [2.24, 2.45) is 0 Å². The third-order valence-electron chi connectivity index (χ3n) is 6.52. The number of rotatable bonds is 3. The topological polar surface area (TPSA) is 87.2 Å². The first-order valence-corrected chi connectivity index (χ1v) is 11.6. The van der Waals surface area contributed by atoms with Crippen molar-refractivity contribution in [3.05, 3.63) is 34.6 Å². The lowest BCUT2D eigenvalue weighted by atomic mass is 10.0. The Balaban J connectivity index is 1.75. The van der Waals surface area contributed by atoms with Gasteiger partial charge in [-0.3, -0.25) is 4.79 Å². The van der Waals surface area contributed by atoms with Crippen LogP contribution in [0.2, 0.25) is 5.02 Å². The van der Waals surface area contributed by atoms with E-state index in [0.29, 0.717) is 45.2 Å². The molecule has 1 aromatic heterocycles. The first-order valence-electron chi connectivity index (χ1n) is 11.2. The summed E-state index contributed by atoms with van der Waals surface area (Å²) in [6.45, 7) is 5.59. The molecule has 0 unspecified atom stereocenters. The Morgan fingerprint density at radius 1 is 1.27 bits per heavy atom. The number of benzene rings is 1. The standard InChI is InChI=1S/C23H26ClFN4O4/c1-2-13-11-32-9-8-28(13)22-18-21(33-12-14-10-26-6-7-29(14)23(18)31)19(24)20(27-22)17-15(25)4-3-5-16(17)30/h3-5,13-14,26,30H,2,6-12H2,1H3/t13-,14+/m0/s1. The number of phenolic OH excluding ortho intramolecular Hbond substituents is 1. The summed E-state index contributed by atoms with van der Waals surface area (Å²) in [6.07, 6.45) is 0.769. The minimum atomic E-state index is -0.661. The van der Waals surface area contributed by atoms with Crippen molar-refractivity contribution in [3.63, 3.8) is 0 Å². The summed E-state index contributed by atoms with van der Waals surface area (Å²) in [6, 6.07) is 3.85. The van der Waals surface area contributed by atoms with Gasteiger partial charge in [0.05, 0.1) is 30.9 Å². The lowest BCUT2D eigenvalue weighted by Crippen LogP contribution is -2.55. The van der Waals surface area contributed by atoms with E-state index in [0.717, 1.165) is 6.42 Å². The molecular formula is C23H26ClFN4O4. The van der Waals surface area contributed by atoms with Crippen LogP contribution in [0.15, 0.2) is 18.2 Å². The van der Waals surface area contributed by atoms with Crippen molar-refractivity contribution in [1.82, 2.24) is 15.2 Å². The molecule has 1 aromatic carbocycles. The average molecular weight is 477 g/mol. The van der Waals surface area contributed by atoms with E-state index in [1.165, 1.54) is 18.2 Å². The van der Waals surface area contributed by atoms with Crippen LogP contribution in [0, 0.1) is 5.82 Å². The molecule has 2 N–H and O–H groups in total. The predicted molar refractivity (Wildman–Crippen MR) is 122 cm³/mol. The van der Waals surface area contributed by atoms with Gasteiger partial charge in [0.15, 0.2) is 5.75 Å². The number of anilines is 1. The second-order valence-corrected chi connectivity index (χ2v) is 8.81. The predicted octanol–water partition coefficient (Wildman–Crippen LogP) is 2.67. The summed E-state index contributed by atoms with van der Waals surface area (Å²) in [5, 5.41) is 13.8. The van der Waals surface area contributed by atoms with Crippen molar-refractivity contribution in [2.75, 3.05) is 50.9 Å². The third kappa shape index (κ3) is 3.78. The molecular weight excluding hydrogens is 451 g/mol. The molecule has 4 heterocycles. The van der Waals surface area contributed by atoms with E-state index in [1.807, 2.05) is 11.8 Å². The quantitative estimate of drug-likeness (QED) is 0.704. The Morgan fingerprint density at radius 3 is 2.91 bits per heavy atom. The molecule has 2 aromatic rings. The number of piperazine rings is 1. The smallest absolute Gasteiger partial charge is 0.261 e. The molecule has 2 saturated heterocycles. The van der Waals surface area contributed by atoms with Gasteiger partial charge in [-0.25, -0.2) is 9.37 Å². The Hall–Kier alpha value is -2.62. The highest BCUT2D eigenvalue weighted by molar-refractivity contribution is 6.35. The van der Waals surface area contributed by atoms with E-state index in [1.54, 1.807) is 4.90 Å². The number of nitrogens with one attached hydrogen (secondary N) is 1. The molecule has 8 nitrogen and oxygen atoms in total. The van der Waals surface area contributed by atoms with Crippen molar-refractivity contribution in [3.8, 4) is 22.8 Å². The largest absolute Gasteiger partial charge is 0.507 e. The average Bonchev–Trinajstić information content (AvgIpc) is 2.98. The van der Waals surface area contributed by atoms with Crippen molar-refractivity contribution in [1.29, 1.82) is 0 Å². The highest BCUT2D eigenvalue weighted by atomic mass is 35.5. The number of pyridine rings is 1. The van der Waals surface area contributed by atoms with Crippen LogP contribution >= 0.6 is 11.6 Å². The Kier molecular flexibility index (Phi) is 6.03. The number of morpholine rings is 1. The summed E-state index contributed by atoms with van der Waals surface area (Å²) >= 11 is 6.73. The van der Waals surface area contributed by atoms with E-state index in [9.17, 15) is 14.3 Å². The zero-order valence-corrected chi connectivity index (χ0v) is 19.1. The zero-order chi connectivity index (χ0) is 23.1. The number of hydrogen-bond acceptors (Lipinski definition) is 7. The van der Waals surface area contributed by atoms with Gasteiger partial charge in [0, 0.05) is 26.2 Å². The van der Waals surface area contributed by atoms with Crippen molar-refractivity contribution in [2.45, 2.75) is 25.4 Å². The van der Waals surface area contributed by atoms with Crippen LogP contribution in [0.5, 0.6) is 11.5 Å². The molecule has 0 bridgehead atoms. The van der Waals surface area contributed by atoms with Crippen LogP contribution < -0.4 is 15.0 Å². The first kappa shape index (κ1) is 22.2. The van der Waals surface area contributed by atoms with E-state index < -0.39 is 5.82 Å². The summed E-state index contributed by atoms with van der Waals surface area (Å²) < 4.78 is 26.6. The number of fused-ring (bicyclic) bond motifs is 2. The van der Waals surface area contributed by atoms with Gasteiger partial charge >= 0.3 is 0 Å². The van der Waals surface area contributed by atoms with Gasteiger partial charge in [-0.1, -0.05) is 24.6 Å². The Morgan fingerprint density at radius 2 is 2.12 bits per heavy atom. The molecule has 0 spiro atoms. The maximum atomic E-state index is 14.8. The molecule has 3 aliphatic heterocycles. The molecule has 0 aliphatic carbocycles. The van der Waals surface area contributed by atoms with Gasteiger partial charge in [0.25, 0.3) is 5.91 Å². The van der Waals surface area contributed by atoms with Crippen LogP contribution in [0.4, 0.5) is 10.2 Å². The number of aromatic nitrogens is 1. The molecule has 3 aliphatic rings. The highest BCUT2D eigenvalue weighted by Crippen LogP contribution is 2.46. The summed E-state index contributed by atoms with van der Waals surface area (Å²) in [7, 11) is 0.